The molecule has 1 N–H and O–H groups in total. The summed E-state index contributed by atoms with van der Waals surface area (Å²) in [4.78, 5) is 0.498. The Morgan fingerprint density at radius 3 is 2.64 bits per heavy atom. The Morgan fingerprint density at radius 2 is 2.00 bits per heavy atom. The Labute approximate surface area is 84.1 Å². The first-order valence-electron chi connectivity index (χ1n) is 3.82. The maximum absolute atomic E-state index is 9.49. The van der Waals surface area contributed by atoms with E-state index in [-0.39, 0.29) is 5.75 Å². The highest BCUT2D eigenvalue weighted by Crippen LogP contribution is 2.34. The van der Waals surface area contributed by atoms with Crippen LogP contribution in [0.25, 0.3) is 10.1 Å². The summed E-state index contributed by atoms with van der Waals surface area (Å²) in [5.41, 5.74) is 0.482. The average molecular weight is 200 g/mol. The number of rotatable bonds is 0. The first-order chi connectivity index (χ1) is 6.76. The lowest BCUT2D eigenvalue weighted by Gasteiger charge is -1.94. The van der Waals surface area contributed by atoms with Gasteiger partial charge in [0, 0.05) is 5.39 Å². The monoisotopic (exact) mass is 200 g/mol. The minimum Gasteiger partial charge on any atom is -0.506 e. The van der Waals surface area contributed by atoms with Gasteiger partial charge < -0.3 is 5.11 Å². The number of benzene rings is 1. The van der Waals surface area contributed by atoms with Crippen molar-refractivity contribution in [3.63, 3.8) is 0 Å². The molecule has 0 fully saturated rings. The van der Waals surface area contributed by atoms with Crippen LogP contribution in [-0.4, -0.2) is 5.11 Å². The van der Waals surface area contributed by atoms with Crippen molar-refractivity contribution in [3.8, 4) is 17.9 Å². The molecule has 1 heterocycles. The van der Waals surface area contributed by atoms with Crippen molar-refractivity contribution in [1.29, 1.82) is 10.5 Å². The molecule has 0 saturated heterocycles. The van der Waals surface area contributed by atoms with Gasteiger partial charge in [-0.1, -0.05) is 0 Å². The quantitative estimate of drug-likeness (QED) is 0.709. The second kappa shape index (κ2) is 3.02. The van der Waals surface area contributed by atoms with Crippen LogP contribution in [0.3, 0.4) is 0 Å². The number of hydrogen-bond donors (Lipinski definition) is 1. The highest BCUT2D eigenvalue weighted by molar-refractivity contribution is 7.20. The van der Waals surface area contributed by atoms with Crippen molar-refractivity contribution in [2.24, 2.45) is 0 Å². The molecule has 2 rings (SSSR count). The van der Waals surface area contributed by atoms with Gasteiger partial charge in [-0.25, -0.2) is 0 Å². The van der Waals surface area contributed by atoms with Gasteiger partial charge in [-0.2, -0.15) is 10.5 Å². The van der Waals surface area contributed by atoms with E-state index >= 15 is 0 Å². The number of thiophene rings is 1. The van der Waals surface area contributed by atoms with Crippen LogP contribution in [0.2, 0.25) is 0 Å². The van der Waals surface area contributed by atoms with Crippen LogP contribution in [0.5, 0.6) is 5.75 Å². The van der Waals surface area contributed by atoms with Crippen LogP contribution in [0.1, 0.15) is 10.4 Å². The second-order valence-electron chi connectivity index (χ2n) is 2.71. The van der Waals surface area contributed by atoms with Crippen molar-refractivity contribution in [2.45, 2.75) is 0 Å². The zero-order valence-corrected chi connectivity index (χ0v) is 7.80. The van der Waals surface area contributed by atoms with E-state index in [1.165, 1.54) is 17.4 Å². The lowest BCUT2D eigenvalue weighted by atomic mass is 10.1. The zero-order chi connectivity index (χ0) is 10.1. The highest BCUT2D eigenvalue weighted by atomic mass is 32.1. The summed E-state index contributed by atoms with van der Waals surface area (Å²) in [7, 11) is 0. The normalized spacial score (nSPS) is 9.57. The summed E-state index contributed by atoms with van der Waals surface area (Å²) in [5.74, 6) is 0.116. The van der Waals surface area contributed by atoms with Crippen LogP contribution in [-0.2, 0) is 0 Å². The van der Waals surface area contributed by atoms with E-state index in [9.17, 15) is 5.11 Å². The molecule has 1 aromatic carbocycles. The van der Waals surface area contributed by atoms with E-state index in [4.69, 9.17) is 10.5 Å². The SMILES string of the molecule is N#Cc1cc2c(C#N)ccc(O)c2s1. The molecule has 14 heavy (non-hydrogen) atoms. The van der Waals surface area contributed by atoms with E-state index in [1.54, 1.807) is 12.1 Å². The predicted molar refractivity (Wildman–Crippen MR) is 52.9 cm³/mol. The summed E-state index contributed by atoms with van der Waals surface area (Å²) >= 11 is 1.19. The maximum atomic E-state index is 9.49. The minimum absolute atomic E-state index is 0.116. The molecule has 3 nitrogen and oxygen atoms in total. The molecule has 2 aromatic rings. The third kappa shape index (κ3) is 1.10. The molecule has 0 aliphatic heterocycles. The Bertz CT molecular complexity index is 586. The van der Waals surface area contributed by atoms with Crippen LogP contribution in [0, 0.1) is 22.7 Å². The summed E-state index contributed by atoms with van der Waals surface area (Å²) in [6.45, 7) is 0. The smallest absolute Gasteiger partial charge is 0.133 e. The molecule has 0 saturated carbocycles. The highest BCUT2D eigenvalue weighted by Gasteiger charge is 2.09. The van der Waals surface area contributed by atoms with Crippen molar-refractivity contribution < 1.29 is 5.11 Å². The van der Waals surface area contributed by atoms with Gasteiger partial charge in [-0.3, -0.25) is 0 Å². The molecule has 4 heteroatoms. The van der Waals surface area contributed by atoms with Gasteiger partial charge in [0.25, 0.3) is 0 Å². The van der Waals surface area contributed by atoms with Crippen molar-refractivity contribution in [2.75, 3.05) is 0 Å². The number of aromatic hydroxyl groups is 1. The molecule has 0 spiro atoms. The van der Waals surface area contributed by atoms with E-state index in [2.05, 4.69) is 0 Å². The molecular formula is C10H4N2OS. The van der Waals surface area contributed by atoms with Crippen LogP contribution < -0.4 is 0 Å². The number of nitrogens with zero attached hydrogens (tertiary/aromatic N) is 2. The second-order valence-corrected chi connectivity index (χ2v) is 3.76. The average Bonchev–Trinajstić information content (AvgIpc) is 2.63. The summed E-state index contributed by atoms with van der Waals surface area (Å²) < 4.78 is 0.598. The molecule has 0 unspecified atom stereocenters. The van der Waals surface area contributed by atoms with Gasteiger partial charge in [0.05, 0.1) is 16.3 Å². The van der Waals surface area contributed by atoms with Gasteiger partial charge in [0.1, 0.15) is 16.7 Å². The fourth-order valence-corrected chi connectivity index (χ4v) is 2.16. The number of fused-ring (bicyclic) bond motifs is 1. The van der Waals surface area contributed by atoms with Crippen LogP contribution in [0.15, 0.2) is 18.2 Å². The van der Waals surface area contributed by atoms with Gasteiger partial charge in [-0.15, -0.1) is 11.3 Å². The molecule has 0 amide bonds. The van der Waals surface area contributed by atoms with Crippen LogP contribution >= 0.6 is 11.3 Å². The van der Waals surface area contributed by atoms with E-state index in [0.717, 1.165) is 0 Å². The summed E-state index contributed by atoms with van der Waals surface area (Å²) in [5, 5.41) is 27.6. The first-order valence-corrected chi connectivity index (χ1v) is 4.63. The summed E-state index contributed by atoms with van der Waals surface area (Å²) in [6, 6.07) is 8.65. The van der Waals surface area contributed by atoms with Crippen LogP contribution in [0.4, 0.5) is 0 Å². The van der Waals surface area contributed by atoms with Gasteiger partial charge in [0.15, 0.2) is 0 Å². The third-order valence-corrected chi connectivity index (χ3v) is 2.96. The Hall–Kier alpha value is -2.04. The fourth-order valence-electron chi connectivity index (χ4n) is 1.26. The van der Waals surface area contributed by atoms with Gasteiger partial charge >= 0.3 is 0 Å². The number of phenolic OH excluding ortho intramolecular Hbond substituents is 1. The molecule has 1 aromatic heterocycles. The Morgan fingerprint density at radius 1 is 1.21 bits per heavy atom. The predicted octanol–water partition coefficient (Wildman–Crippen LogP) is 2.35. The summed E-state index contributed by atoms with van der Waals surface area (Å²) in [6.07, 6.45) is 0. The largest absolute Gasteiger partial charge is 0.506 e. The van der Waals surface area contributed by atoms with Gasteiger partial charge in [-0.05, 0) is 18.2 Å². The fraction of sp³-hybridized carbons (Fsp3) is 0. The van der Waals surface area contributed by atoms with E-state index in [0.29, 0.717) is 20.5 Å². The molecule has 0 radical (unpaired) electrons. The molecular weight excluding hydrogens is 196 g/mol. The zero-order valence-electron chi connectivity index (χ0n) is 6.98. The number of phenols is 1. The van der Waals surface area contributed by atoms with Crippen molar-refractivity contribution in [1.82, 2.24) is 0 Å². The van der Waals surface area contributed by atoms with Crippen molar-refractivity contribution in [3.05, 3.63) is 28.6 Å². The Kier molecular flexibility index (Phi) is 1.85. The maximum Gasteiger partial charge on any atom is 0.133 e. The topological polar surface area (TPSA) is 67.8 Å². The van der Waals surface area contributed by atoms with Gasteiger partial charge in [0.2, 0.25) is 0 Å². The molecule has 0 bridgehead atoms. The molecule has 0 atom stereocenters. The van der Waals surface area contributed by atoms with E-state index < -0.39 is 0 Å². The first kappa shape index (κ1) is 8.55. The lowest BCUT2D eigenvalue weighted by Crippen LogP contribution is -1.74. The van der Waals surface area contributed by atoms with Crippen molar-refractivity contribution >= 4 is 21.4 Å². The number of nitriles is 2. The standard InChI is InChI=1S/C10H4N2OS/c11-4-6-1-2-9(13)10-8(6)3-7(5-12)14-10/h1-3,13H. The third-order valence-electron chi connectivity index (χ3n) is 1.89. The molecule has 0 aliphatic rings. The molecule has 66 valence electrons. The number of hydrogen-bond acceptors (Lipinski definition) is 4. The lowest BCUT2D eigenvalue weighted by molar-refractivity contribution is 0.482. The minimum atomic E-state index is 0.116. The molecule has 0 aliphatic carbocycles. The van der Waals surface area contributed by atoms with E-state index in [1.807, 2.05) is 12.1 Å². The Balaban J connectivity index is 2.92.